The molecule has 0 radical (unpaired) electrons. The Labute approximate surface area is 121 Å². The van der Waals surface area contributed by atoms with E-state index in [0.29, 0.717) is 0 Å². The molecule has 0 saturated heterocycles. The zero-order chi connectivity index (χ0) is 13.2. The molecule has 1 aliphatic heterocycles. The molecule has 4 heteroatoms. The number of hydrogen-bond donors (Lipinski definition) is 2. The maximum atomic E-state index is 3.52. The first-order chi connectivity index (χ1) is 9.28. The molecule has 1 heterocycles. The van der Waals surface area contributed by atoms with E-state index in [9.17, 15) is 0 Å². The highest BCUT2D eigenvalue weighted by Crippen LogP contribution is 2.36. The molecule has 2 N–H and O–H groups in total. The molecule has 0 aliphatic carbocycles. The van der Waals surface area contributed by atoms with E-state index in [1.165, 1.54) is 17.1 Å². The van der Waals surface area contributed by atoms with Crippen LogP contribution in [0, 0.1) is 0 Å². The Bertz CT molecular complexity index is 580. The van der Waals surface area contributed by atoms with Gasteiger partial charge in [0.2, 0.25) is 0 Å². The van der Waals surface area contributed by atoms with Crippen LogP contribution in [0.5, 0.6) is 0 Å². The molecule has 0 bridgehead atoms. The minimum absolute atomic E-state index is 0.956. The van der Waals surface area contributed by atoms with Gasteiger partial charge in [-0.2, -0.15) is 0 Å². The summed E-state index contributed by atoms with van der Waals surface area (Å²) in [5.41, 5.74) is 4.77. The first-order valence-corrected chi connectivity index (χ1v) is 7.16. The molecule has 2 aromatic rings. The molecule has 3 rings (SSSR count). The van der Waals surface area contributed by atoms with Gasteiger partial charge >= 0.3 is 0 Å². The van der Waals surface area contributed by atoms with Gasteiger partial charge in [-0.1, -0.05) is 15.9 Å². The van der Waals surface area contributed by atoms with Crippen molar-refractivity contribution in [1.82, 2.24) is 0 Å². The van der Waals surface area contributed by atoms with Crippen molar-refractivity contribution < 1.29 is 0 Å². The van der Waals surface area contributed by atoms with Crippen molar-refractivity contribution in [1.29, 1.82) is 0 Å². The van der Waals surface area contributed by atoms with Crippen molar-refractivity contribution in [3.8, 4) is 0 Å². The summed E-state index contributed by atoms with van der Waals surface area (Å²) >= 11 is 3.52. The van der Waals surface area contributed by atoms with Crippen molar-refractivity contribution in [3.63, 3.8) is 0 Å². The normalized spacial score (nSPS) is 13.7. The Balaban J connectivity index is 1.98. The standard InChI is InChI=1S/C15H16BrN3/c1-17-12-3-5-13(6-4-12)19-9-8-18-14-10-11(16)2-7-15(14)19/h2-7,10,17-18H,8-9H2,1H3. The van der Waals surface area contributed by atoms with Gasteiger partial charge in [0.1, 0.15) is 0 Å². The molecule has 0 spiro atoms. The highest BCUT2D eigenvalue weighted by molar-refractivity contribution is 9.10. The molecule has 1 aliphatic rings. The molecule has 2 aromatic carbocycles. The topological polar surface area (TPSA) is 27.3 Å². The second-order valence-corrected chi connectivity index (χ2v) is 5.45. The fourth-order valence-electron chi connectivity index (χ4n) is 2.38. The maximum absolute atomic E-state index is 3.52. The van der Waals surface area contributed by atoms with E-state index in [1.54, 1.807) is 0 Å². The summed E-state index contributed by atoms with van der Waals surface area (Å²) in [5.74, 6) is 0. The molecule has 19 heavy (non-hydrogen) atoms. The zero-order valence-electron chi connectivity index (χ0n) is 10.8. The molecule has 0 amide bonds. The molecular weight excluding hydrogens is 302 g/mol. The smallest absolute Gasteiger partial charge is 0.0647 e. The average molecular weight is 318 g/mol. The minimum Gasteiger partial charge on any atom is -0.388 e. The first kappa shape index (κ1) is 12.4. The van der Waals surface area contributed by atoms with E-state index in [0.717, 1.165) is 23.2 Å². The van der Waals surface area contributed by atoms with E-state index < -0.39 is 0 Å². The third kappa shape index (κ3) is 2.40. The Morgan fingerprint density at radius 1 is 1.16 bits per heavy atom. The molecule has 0 aromatic heterocycles. The highest BCUT2D eigenvalue weighted by atomic mass is 79.9. The number of anilines is 4. The van der Waals surface area contributed by atoms with Crippen LogP contribution >= 0.6 is 15.9 Å². The zero-order valence-corrected chi connectivity index (χ0v) is 12.4. The summed E-state index contributed by atoms with van der Waals surface area (Å²) < 4.78 is 1.10. The lowest BCUT2D eigenvalue weighted by Gasteiger charge is -2.32. The predicted octanol–water partition coefficient (Wildman–Crippen LogP) is 4.05. The largest absolute Gasteiger partial charge is 0.388 e. The van der Waals surface area contributed by atoms with Gasteiger partial charge in [0.05, 0.1) is 11.4 Å². The minimum atomic E-state index is 0.956. The molecule has 3 nitrogen and oxygen atoms in total. The Hall–Kier alpha value is -1.68. The third-order valence-electron chi connectivity index (χ3n) is 3.37. The van der Waals surface area contributed by atoms with Gasteiger partial charge in [0, 0.05) is 36.0 Å². The lowest BCUT2D eigenvalue weighted by Crippen LogP contribution is -2.30. The molecular formula is C15H16BrN3. The van der Waals surface area contributed by atoms with Crippen LogP contribution in [0.1, 0.15) is 0 Å². The second-order valence-electron chi connectivity index (χ2n) is 4.54. The highest BCUT2D eigenvalue weighted by Gasteiger charge is 2.17. The summed E-state index contributed by atoms with van der Waals surface area (Å²) in [6.07, 6.45) is 0. The molecule has 0 unspecified atom stereocenters. The van der Waals surface area contributed by atoms with Crippen molar-refractivity contribution in [2.75, 3.05) is 35.7 Å². The van der Waals surface area contributed by atoms with Gasteiger partial charge in [0.25, 0.3) is 0 Å². The number of nitrogens with one attached hydrogen (secondary N) is 2. The Morgan fingerprint density at radius 2 is 1.95 bits per heavy atom. The Morgan fingerprint density at radius 3 is 2.68 bits per heavy atom. The van der Waals surface area contributed by atoms with Crippen LogP contribution in [0.25, 0.3) is 0 Å². The summed E-state index contributed by atoms with van der Waals surface area (Å²) in [6, 6.07) is 14.9. The van der Waals surface area contributed by atoms with E-state index in [2.05, 4.69) is 73.9 Å². The fourth-order valence-corrected chi connectivity index (χ4v) is 2.75. The fraction of sp³-hybridized carbons (Fsp3) is 0.200. The van der Waals surface area contributed by atoms with Gasteiger partial charge in [-0.3, -0.25) is 0 Å². The predicted molar refractivity (Wildman–Crippen MR) is 85.6 cm³/mol. The number of nitrogens with zero attached hydrogens (tertiary/aromatic N) is 1. The van der Waals surface area contributed by atoms with Gasteiger partial charge in [-0.25, -0.2) is 0 Å². The van der Waals surface area contributed by atoms with E-state index in [-0.39, 0.29) is 0 Å². The van der Waals surface area contributed by atoms with Crippen LogP contribution < -0.4 is 15.5 Å². The van der Waals surface area contributed by atoms with Gasteiger partial charge in [-0.05, 0) is 42.5 Å². The van der Waals surface area contributed by atoms with Crippen LogP contribution in [0.4, 0.5) is 22.7 Å². The Kier molecular flexibility index (Phi) is 3.34. The lowest BCUT2D eigenvalue weighted by molar-refractivity contribution is 0.926. The third-order valence-corrected chi connectivity index (χ3v) is 3.86. The van der Waals surface area contributed by atoms with E-state index >= 15 is 0 Å². The van der Waals surface area contributed by atoms with Gasteiger partial charge < -0.3 is 15.5 Å². The summed E-state index contributed by atoms with van der Waals surface area (Å²) in [5, 5.41) is 6.59. The summed E-state index contributed by atoms with van der Waals surface area (Å²) in [7, 11) is 1.94. The number of benzene rings is 2. The average Bonchev–Trinajstić information content (AvgIpc) is 2.46. The van der Waals surface area contributed by atoms with Gasteiger partial charge in [0.15, 0.2) is 0 Å². The molecule has 0 saturated carbocycles. The number of fused-ring (bicyclic) bond motifs is 1. The lowest BCUT2D eigenvalue weighted by atomic mass is 10.1. The van der Waals surface area contributed by atoms with Crippen molar-refractivity contribution in [2.24, 2.45) is 0 Å². The quantitative estimate of drug-likeness (QED) is 0.874. The second kappa shape index (κ2) is 5.13. The first-order valence-electron chi connectivity index (χ1n) is 6.37. The number of halogens is 1. The van der Waals surface area contributed by atoms with Crippen molar-refractivity contribution >= 4 is 38.7 Å². The van der Waals surface area contributed by atoms with Crippen LogP contribution in [0.3, 0.4) is 0 Å². The van der Waals surface area contributed by atoms with E-state index in [4.69, 9.17) is 0 Å². The van der Waals surface area contributed by atoms with Crippen LogP contribution in [0.2, 0.25) is 0 Å². The molecule has 98 valence electrons. The van der Waals surface area contributed by atoms with Crippen LogP contribution in [-0.4, -0.2) is 20.1 Å². The number of hydrogen-bond acceptors (Lipinski definition) is 3. The monoisotopic (exact) mass is 317 g/mol. The molecule has 0 fully saturated rings. The number of rotatable bonds is 2. The summed E-state index contributed by atoms with van der Waals surface area (Å²) in [6.45, 7) is 1.94. The van der Waals surface area contributed by atoms with Gasteiger partial charge in [-0.15, -0.1) is 0 Å². The van der Waals surface area contributed by atoms with Crippen molar-refractivity contribution in [2.45, 2.75) is 0 Å². The molecule has 0 atom stereocenters. The van der Waals surface area contributed by atoms with Crippen molar-refractivity contribution in [3.05, 3.63) is 46.9 Å². The maximum Gasteiger partial charge on any atom is 0.0647 e. The SMILES string of the molecule is CNc1ccc(N2CCNc3cc(Br)ccc32)cc1. The summed E-state index contributed by atoms with van der Waals surface area (Å²) in [4.78, 5) is 2.34. The van der Waals surface area contributed by atoms with Crippen LogP contribution in [-0.2, 0) is 0 Å². The van der Waals surface area contributed by atoms with Crippen LogP contribution in [0.15, 0.2) is 46.9 Å². The van der Waals surface area contributed by atoms with E-state index in [1.807, 2.05) is 7.05 Å².